The van der Waals surface area contributed by atoms with Crippen molar-refractivity contribution >= 4 is 15.9 Å². The summed E-state index contributed by atoms with van der Waals surface area (Å²) in [5.74, 6) is 0. The molecule has 0 bridgehead atoms. The molecule has 84 valence electrons. The first-order valence-electron chi connectivity index (χ1n) is 5.34. The number of aliphatic hydroxyl groups is 1. The summed E-state index contributed by atoms with van der Waals surface area (Å²) in [5.41, 5.74) is 1.28. The Labute approximate surface area is 99.8 Å². The third-order valence-corrected chi connectivity index (χ3v) is 3.13. The van der Waals surface area contributed by atoms with Crippen LogP contribution in [0.15, 0.2) is 28.7 Å². The zero-order chi connectivity index (χ0) is 11.1. The van der Waals surface area contributed by atoms with E-state index in [2.05, 4.69) is 40.3 Å². The monoisotopic (exact) mass is 271 g/mol. The summed E-state index contributed by atoms with van der Waals surface area (Å²) in [4.78, 5) is 0. The van der Waals surface area contributed by atoms with E-state index in [9.17, 15) is 0 Å². The summed E-state index contributed by atoms with van der Waals surface area (Å²) >= 11 is 3.54. The van der Waals surface area contributed by atoms with Crippen LogP contribution in [0.1, 0.15) is 31.4 Å². The second kappa shape index (κ2) is 6.99. The zero-order valence-electron chi connectivity index (χ0n) is 9.04. The minimum absolute atomic E-state index is 0.283. The van der Waals surface area contributed by atoms with Crippen molar-refractivity contribution in [3.8, 4) is 0 Å². The minimum atomic E-state index is 0.283. The number of nitrogens with one attached hydrogen (secondary N) is 1. The number of benzene rings is 1. The predicted molar refractivity (Wildman–Crippen MR) is 66.9 cm³/mol. The molecule has 0 aliphatic rings. The maximum absolute atomic E-state index is 8.66. The fraction of sp³-hybridized carbons (Fsp3) is 0.500. The van der Waals surface area contributed by atoms with Crippen molar-refractivity contribution in [3.63, 3.8) is 0 Å². The standard InChI is InChI=1S/C12H18BrNO/c1-10(14-8-4-5-9-15)11-6-2-3-7-12(11)13/h2-3,6-7,10,14-15H,4-5,8-9H2,1H3. The van der Waals surface area contributed by atoms with Crippen molar-refractivity contribution in [3.05, 3.63) is 34.3 Å². The lowest BCUT2D eigenvalue weighted by atomic mass is 10.1. The van der Waals surface area contributed by atoms with Crippen molar-refractivity contribution in [2.75, 3.05) is 13.2 Å². The molecule has 0 spiro atoms. The van der Waals surface area contributed by atoms with Gasteiger partial charge in [-0.1, -0.05) is 34.1 Å². The van der Waals surface area contributed by atoms with Gasteiger partial charge in [0.05, 0.1) is 0 Å². The Kier molecular flexibility index (Phi) is 5.91. The Bertz CT molecular complexity index is 291. The Morgan fingerprint density at radius 3 is 2.73 bits per heavy atom. The summed E-state index contributed by atoms with van der Waals surface area (Å²) in [6.45, 7) is 3.38. The van der Waals surface area contributed by atoms with Crippen LogP contribution in [0.25, 0.3) is 0 Å². The van der Waals surface area contributed by atoms with Crippen LogP contribution in [0.3, 0.4) is 0 Å². The topological polar surface area (TPSA) is 32.3 Å². The average Bonchev–Trinajstić information content (AvgIpc) is 2.25. The Morgan fingerprint density at radius 1 is 1.33 bits per heavy atom. The largest absolute Gasteiger partial charge is 0.396 e. The number of halogens is 1. The lowest BCUT2D eigenvalue weighted by Gasteiger charge is -2.15. The van der Waals surface area contributed by atoms with Gasteiger partial charge in [-0.2, -0.15) is 0 Å². The summed E-state index contributed by atoms with van der Waals surface area (Å²) in [6, 6.07) is 8.59. The van der Waals surface area contributed by atoms with Crippen molar-refractivity contribution in [1.29, 1.82) is 0 Å². The molecule has 0 saturated heterocycles. The molecule has 3 heteroatoms. The molecule has 0 aromatic heterocycles. The molecule has 2 N–H and O–H groups in total. The van der Waals surface area contributed by atoms with Crippen LogP contribution in [-0.4, -0.2) is 18.3 Å². The lowest BCUT2D eigenvalue weighted by molar-refractivity contribution is 0.283. The molecule has 1 aromatic rings. The van der Waals surface area contributed by atoms with Crippen LogP contribution in [0.2, 0.25) is 0 Å². The predicted octanol–water partition coefficient (Wildman–Crippen LogP) is 2.87. The van der Waals surface area contributed by atoms with Crippen molar-refractivity contribution in [1.82, 2.24) is 5.32 Å². The van der Waals surface area contributed by atoms with E-state index >= 15 is 0 Å². The Balaban J connectivity index is 2.40. The van der Waals surface area contributed by atoms with Gasteiger partial charge in [0.25, 0.3) is 0 Å². The number of hydrogen-bond acceptors (Lipinski definition) is 2. The molecular formula is C12H18BrNO. The van der Waals surface area contributed by atoms with Gasteiger partial charge in [0.1, 0.15) is 0 Å². The van der Waals surface area contributed by atoms with E-state index in [1.807, 2.05) is 12.1 Å². The first-order chi connectivity index (χ1) is 7.25. The molecule has 2 nitrogen and oxygen atoms in total. The van der Waals surface area contributed by atoms with Crippen molar-refractivity contribution in [2.45, 2.75) is 25.8 Å². The highest BCUT2D eigenvalue weighted by Crippen LogP contribution is 2.22. The van der Waals surface area contributed by atoms with Gasteiger partial charge in [-0.15, -0.1) is 0 Å². The summed E-state index contributed by atoms with van der Waals surface area (Å²) in [5, 5.41) is 12.1. The summed E-state index contributed by atoms with van der Waals surface area (Å²) in [7, 11) is 0. The third kappa shape index (κ3) is 4.33. The van der Waals surface area contributed by atoms with Crippen LogP contribution in [-0.2, 0) is 0 Å². The van der Waals surface area contributed by atoms with Crippen LogP contribution < -0.4 is 5.32 Å². The maximum Gasteiger partial charge on any atom is 0.0431 e. The van der Waals surface area contributed by atoms with E-state index in [0.29, 0.717) is 6.04 Å². The molecular weight excluding hydrogens is 254 g/mol. The first-order valence-corrected chi connectivity index (χ1v) is 6.13. The van der Waals surface area contributed by atoms with Gasteiger partial charge in [0.15, 0.2) is 0 Å². The Hall–Kier alpha value is -0.380. The molecule has 0 heterocycles. The smallest absolute Gasteiger partial charge is 0.0431 e. The molecule has 0 amide bonds. The Morgan fingerprint density at radius 2 is 2.07 bits per heavy atom. The van der Waals surface area contributed by atoms with Crippen LogP contribution in [0.4, 0.5) is 0 Å². The SMILES string of the molecule is CC(NCCCCO)c1ccccc1Br. The number of rotatable bonds is 6. The highest BCUT2D eigenvalue weighted by Gasteiger charge is 2.06. The van der Waals surface area contributed by atoms with Gasteiger partial charge in [0.2, 0.25) is 0 Å². The van der Waals surface area contributed by atoms with Gasteiger partial charge in [-0.05, 0) is 37.9 Å². The molecule has 1 unspecified atom stereocenters. The fourth-order valence-corrected chi connectivity index (χ4v) is 2.12. The van der Waals surface area contributed by atoms with Crippen LogP contribution in [0.5, 0.6) is 0 Å². The van der Waals surface area contributed by atoms with E-state index < -0.39 is 0 Å². The van der Waals surface area contributed by atoms with Gasteiger partial charge in [-0.25, -0.2) is 0 Å². The maximum atomic E-state index is 8.66. The van der Waals surface area contributed by atoms with Crippen molar-refractivity contribution in [2.24, 2.45) is 0 Å². The first kappa shape index (κ1) is 12.7. The molecule has 1 rings (SSSR count). The molecule has 0 saturated carbocycles. The molecule has 1 atom stereocenters. The molecule has 0 aliphatic carbocycles. The van der Waals surface area contributed by atoms with Gasteiger partial charge in [0, 0.05) is 17.1 Å². The normalized spacial score (nSPS) is 12.7. The van der Waals surface area contributed by atoms with Crippen molar-refractivity contribution < 1.29 is 5.11 Å². The van der Waals surface area contributed by atoms with E-state index in [4.69, 9.17) is 5.11 Å². The van der Waals surface area contributed by atoms with Gasteiger partial charge < -0.3 is 10.4 Å². The summed E-state index contributed by atoms with van der Waals surface area (Å²) < 4.78 is 1.15. The van der Waals surface area contributed by atoms with E-state index in [-0.39, 0.29) is 6.61 Å². The molecule has 15 heavy (non-hydrogen) atoms. The molecule has 0 radical (unpaired) electrons. The molecule has 0 aliphatic heterocycles. The van der Waals surface area contributed by atoms with Crippen LogP contribution >= 0.6 is 15.9 Å². The lowest BCUT2D eigenvalue weighted by Crippen LogP contribution is -2.20. The van der Waals surface area contributed by atoms with Gasteiger partial charge in [-0.3, -0.25) is 0 Å². The van der Waals surface area contributed by atoms with Gasteiger partial charge >= 0.3 is 0 Å². The highest BCUT2D eigenvalue weighted by molar-refractivity contribution is 9.10. The highest BCUT2D eigenvalue weighted by atomic mass is 79.9. The van der Waals surface area contributed by atoms with E-state index in [0.717, 1.165) is 23.9 Å². The summed E-state index contributed by atoms with van der Waals surface area (Å²) in [6.07, 6.45) is 1.89. The fourth-order valence-electron chi connectivity index (χ4n) is 1.49. The molecule has 1 aromatic carbocycles. The zero-order valence-corrected chi connectivity index (χ0v) is 10.6. The second-order valence-corrected chi connectivity index (χ2v) is 4.48. The van der Waals surface area contributed by atoms with E-state index in [1.165, 1.54) is 5.56 Å². The average molecular weight is 272 g/mol. The number of hydrogen-bond donors (Lipinski definition) is 2. The number of aliphatic hydroxyl groups excluding tert-OH is 1. The minimum Gasteiger partial charge on any atom is -0.396 e. The second-order valence-electron chi connectivity index (χ2n) is 3.63. The van der Waals surface area contributed by atoms with Crippen LogP contribution in [0, 0.1) is 0 Å². The quantitative estimate of drug-likeness (QED) is 0.780. The number of unbranched alkanes of at least 4 members (excludes halogenated alkanes) is 1. The molecule has 0 fully saturated rings. The third-order valence-electron chi connectivity index (χ3n) is 2.41. The van der Waals surface area contributed by atoms with E-state index in [1.54, 1.807) is 0 Å².